The zero-order chi connectivity index (χ0) is 22.9. The highest BCUT2D eigenvalue weighted by Gasteiger charge is 2.60. The molecule has 0 spiro atoms. The number of hydrogen-bond acceptors (Lipinski definition) is 3. The molecule has 5 heteroatoms. The Morgan fingerprint density at radius 1 is 0.969 bits per heavy atom. The molecule has 1 aromatic rings. The molecule has 4 nitrogen and oxygen atoms in total. The first-order valence-electron chi connectivity index (χ1n) is 12.3. The Bertz CT molecular complexity index is 1060. The maximum absolute atomic E-state index is 12.4. The Morgan fingerprint density at radius 2 is 1.69 bits per heavy atom. The summed E-state index contributed by atoms with van der Waals surface area (Å²) in [5.74, 6) is 2.54. The van der Waals surface area contributed by atoms with Crippen molar-refractivity contribution in [3.8, 4) is 0 Å². The summed E-state index contributed by atoms with van der Waals surface area (Å²) in [5.41, 5.74) is 3.17. The van der Waals surface area contributed by atoms with Gasteiger partial charge in [-0.2, -0.15) is 0 Å². The summed E-state index contributed by atoms with van der Waals surface area (Å²) < 4.78 is 23.6. The second kappa shape index (κ2) is 7.44. The molecular formula is C27H37NO3S. The molecule has 4 fully saturated rings. The molecule has 1 amide bonds. The Morgan fingerprint density at radius 3 is 2.38 bits per heavy atom. The van der Waals surface area contributed by atoms with E-state index in [0.717, 1.165) is 42.6 Å². The molecule has 6 atom stereocenters. The summed E-state index contributed by atoms with van der Waals surface area (Å²) >= 11 is 0. The van der Waals surface area contributed by atoms with Gasteiger partial charge in [0.1, 0.15) is 0 Å². The minimum Gasteiger partial charge on any atom is -0.342 e. The molecule has 32 heavy (non-hydrogen) atoms. The van der Waals surface area contributed by atoms with Gasteiger partial charge in [0, 0.05) is 25.8 Å². The van der Waals surface area contributed by atoms with Crippen LogP contribution < -0.4 is 0 Å². The first-order valence-corrected chi connectivity index (χ1v) is 14.2. The van der Waals surface area contributed by atoms with E-state index in [1.807, 2.05) is 19.2 Å². The topological polar surface area (TPSA) is 54.5 Å². The van der Waals surface area contributed by atoms with Gasteiger partial charge in [-0.3, -0.25) is 4.79 Å². The van der Waals surface area contributed by atoms with E-state index in [9.17, 15) is 13.2 Å². The van der Waals surface area contributed by atoms with E-state index >= 15 is 0 Å². The van der Waals surface area contributed by atoms with Crippen LogP contribution in [0.4, 0.5) is 0 Å². The van der Waals surface area contributed by atoms with Gasteiger partial charge in [-0.05, 0) is 91.2 Å². The third-order valence-corrected chi connectivity index (χ3v) is 11.2. The van der Waals surface area contributed by atoms with Crippen molar-refractivity contribution in [1.29, 1.82) is 0 Å². The van der Waals surface area contributed by atoms with Crippen LogP contribution in [-0.4, -0.2) is 38.6 Å². The average Bonchev–Trinajstić information content (AvgIpc) is 3.07. The number of piperidine rings is 1. The predicted octanol–water partition coefficient (Wildman–Crippen LogP) is 5.34. The number of benzene rings is 1. The molecule has 0 radical (unpaired) electrons. The third-order valence-electron chi connectivity index (χ3n) is 10.1. The first-order chi connectivity index (χ1) is 15.0. The fourth-order valence-electron chi connectivity index (χ4n) is 8.25. The minimum absolute atomic E-state index is 0.246. The third kappa shape index (κ3) is 3.29. The molecule has 5 rings (SSSR count). The van der Waals surface area contributed by atoms with Crippen LogP contribution >= 0.6 is 0 Å². The Hall–Kier alpha value is -1.62. The van der Waals surface area contributed by atoms with Crippen molar-refractivity contribution in [3.63, 3.8) is 0 Å². The standard InChI is InChI=1S/C27H37NO3S/c1-26-15-13-23-21(10-12-24-27(23,2)16-14-25(29)28(24)3)22(26)11-7-19(26)17-18-5-8-20(9-6-18)32(4,30)31/h5-6,8-9,17,21-24H,7,10-16H2,1-4H3/b19-17+/t21-,22-,23-,24+,26+,27+/m0/s1. The molecule has 174 valence electrons. The van der Waals surface area contributed by atoms with E-state index in [4.69, 9.17) is 0 Å². The molecule has 1 heterocycles. The van der Waals surface area contributed by atoms with Gasteiger partial charge >= 0.3 is 0 Å². The molecule has 4 aliphatic rings. The summed E-state index contributed by atoms with van der Waals surface area (Å²) in [5, 5.41) is 0. The maximum atomic E-state index is 12.4. The van der Waals surface area contributed by atoms with Crippen molar-refractivity contribution in [1.82, 2.24) is 4.90 Å². The molecule has 3 aliphatic carbocycles. The van der Waals surface area contributed by atoms with Gasteiger partial charge < -0.3 is 4.90 Å². The molecule has 0 N–H and O–H groups in total. The van der Waals surface area contributed by atoms with Gasteiger partial charge in [0.05, 0.1) is 4.90 Å². The summed E-state index contributed by atoms with van der Waals surface area (Å²) in [6.07, 6.45) is 12.7. The molecule has 1 aromatic carbocycles. The highest BCUT2D eigenvalue weighted by Crippen LogP contribution is 2.66. The lowest BCUT2D eigenvalue weighted by molar-refractivity contribution is -0.156. The first kappa shape index (κ1) is 22.2. The maximum Gasteiger partial charge on any atom is 0.222 e. The number of carbonyl (C=O) groups is 1. The van der Waals surface area contributed by atoms with Gasteiger partial charge in [-0.25, -0.2) is 8.42 Å². The van der Waals surface area contributed by atoms with E-state index < -0.39 is 9.84 Å². The van der Waals surface area contributed by atoms with E-state index in [0.29, 0.717) is 23.3 Å². The lowest BCUT2D eigenvalue weighted by Gasteiger charge is -2.61. The van der Waals surface area contributed by atoms with Crippen molar-refractivity contribution < 1.29 is 13.2 Å². The monoisotopic (exact) mass is 455 g/mol. The van der Waals surface area contributed by atoms with Crippen LogP contribution in [0.2, 0.25) is 0 Å². The molecule has 1 saturated heterocycles. The fraction of sp³-hybridized carbons (Fsp3) is 0.667. The van der Waals surface area contributed by atoms with Crippen molar-refractivity contribution in [3.05, 3.63) is 35.4 Å². The Balaban J connectivity index is 1.41. The molecule has 3 saturated carbocycles. The van der Waals surface area contributed by atoms with Gasteiger partial charge in [-0.15, -0.1) is 0 Å². The SMILES string of the molecule is CN1C(=O)CC[C@]2(C)[C@H]3CC[C@]4(C)/C(=C/c5ccc(S(C)(=O)=O)cc5)CC[C@H]4[C@@H]3CC[C@@H]12. The Kier molecular flexibility index (Phi) is 5.16. The number of amides is 1. The normalized spacial score (nSPS) is 40.7. The Labute approximate surface area is 193 Å². The highest BCUT2D eigenvalue weighted by molar-refractivity contribution is 7.90. The molecule has 0 bridgehead atoms. The number of carbonyl (C=O) groups excluding carboxylic acids is 1. The summed E-state index contributed by atoms with van der Waals surface area (Å²) in [4.78, 5) is 14.8. The van der Waals surface area contributed by atoms with Gasteiger partial charge in [-0.1, -0.05) is 37.6 Å². The smallest absolute Gasteiger partial charge is 0.222 e. The number of allylic oxidation sites excluding steroid dienone is 1. The van der Waals surface area contributed by atoms with Crippen LogP contribution in [-0.2, 0) is 14.6 Å². The van der Waals surface area contributed by atoms with Crippen LogP contribution in [0, 0.1) is 28.6 Å². The van der Waals surface area contributed by atoms with Crippen LogP contribution in [0.25, 0.3) is 6.08 Å². The predicted molar refractivity (Wildman–Crippen MR) is 128 cm³/mol. The lowest BCUT2D eigenvalue weighted by atomic mass is 9.47. The van der Waals surface area contributed by atoms with E-state index in [-0.39, 0.29) is 10.8 Å². The zero-order valence-corrected chi connectivity index (χ0v) is 20.7. The van der Waals surface area contributed by atoms with Gasteiger partial charge in [0.25, 0.3) is 0 Å². The summed E-state index contributed by atoms with van der Waals surface area (Å²) in [7, 11) is -1.13. The molecular weight excluding hydrogens is 418 g/mol. The van der Waals surface area contributed by atoms with Crippen LogP contribution in [0.5, 0.6) is 0 Å². The quantitative estimate of drug-likeness (QED) is 0.605. The zero-order valence-electron chi connectivity index (χ0n) is 19.9. The number of rotatable bonds is 2. The van der Waals surface area contributed by atoms with Crippen molar-refractivity contribution in [2.45, 2.75) is 76.2 Å². The minimum atomic E-state index is -3.16. The van der Waals surface area contributed by atoms with Crippen molar-refractivity contribution in [2.24, 2.45) is 28.6 Å². The van der Waals surface area contributed by atoms with Crippen LogP contribution in [0.1, 0.15) is 70.8 Å². The van der Waals surface area contributed by atoms with E-state index in [1.54, 1.807) is 17.7 Å². The lowest BCUT2D eigenvalue weighted by Crippen LogP contribution is -2.61. The number of hydrogen-bond donors (Lipinski definition) is 0. The highest BCUT2D eigenvalue weighted by atomic mass is 32.2. The van der Waals surface area contributed by atoms with Crippen LogP contribution in [0.3, 0.4) is 0 Å². The summed E-state index contributed by atoms with van der Waals surface area (Å²) in [6, 6.07) is 7.78. The van der Waals surface area contributed by atoms with E-state index in [1.165, 1.54) is 31.9 Å². The number of fused-ring (bicyclic) bond motifs is 5. The van der Waals surface area contributed by atoms with Crippen molar-refractivity contribution >= 4 is 21.8 Å². The number of nitrogens with zero attached hydrogens (tertiary/aromatic N) is 1. The van der Waals surface area contributed by atoms with Crippen LogP contribution in [0.15, 0.2) is 34.7 Å². The van der Waals surface area contributed by atoms with Crippen molar-refractivity contribution in [2.75, 3.05) is 13.3 Å². The second-order valence-corrected chi connectivity index (χ2v) is 13.5. The number of likely N-dealkylation sites (tertiary alicyclic amines) is 1. The molecule has 1 aliphatic heterocycles. The average molecular weight is 456 g/mol. The van der Waals surface area contributed by atoms with Gasteiger partial charge in [0.15, 0.2) is 9.84 Å². The molecule has 0 unspecified atom stereocenters. The summed E-state index contributed by atoms with van der Waals surface area (Å²) in [6.45, 7) is 4.97. The fourth-order valence-corrected chi connectivity index (χ4v) is 8.88. The second-order valence-electron chi connectivity index (χ2n) is 11.5. The van der Waals surface area contributed by atoms with E-state index in [2.05, 4.69) is 24.8 Å². The largest absolute Gasteiger partial charge is 0.342 e. The number of sulfone groups is 1. The molecule has 0 aromatic heterocycles. The van der Waals surface area contributed by atoms with Gasteiger partial charge in [0.2, 0.25) is 5.91 Å².